The molecule has 0 unspecified atom stereocenters. The molecule has 0 amide bonds. The molecule has 0 radical (unpaired) electrons. The van der Waals surface area contributed by atoms with Gasteiger partial charge in [0.2, 0.25) is 0 Å². The highest BCUT2D eigenvalue weighted by atomic mass is 35.5. The van der Waals surface area contributed by atoms with Crippen LogP contribution in [0.2, 0.25) is 0 Å². The van der Waals surface area contributed by atoms with E-state index in [2.05, 4.69) is 0 Å². The van der Waals surface area contributed by atoms with Crippen molar-refractivity contribution in [2.45, 2.75) is 87.4 Å². The van der Waals surface area contributed by atoms with E-state index < -0.39 is 23.9 Å². The van der Waals surface area contributed by atoms with Gasteiger partial charge in [0, 0.05) is 32.7 Å². The minimum atomic E-state index is -4.33. The molecule has 0 aromatic heterocycles. The second kappa shape index (κ2) is 16.5. The SMILES string of the molecule is Cc1ccc(Oc2ccc(C)c(SCC(F)(F)F)c2CCCCCCl)c(CCCCCCl)c1SCC(F)(F)F. The molecule has 0 atom stereocenters. The van der Waals surface area contributed by atoms with E-state index >= 15 is 0 Å². The van der Waals surface area contributed by atoms with Crippen LogP contribution >= 0.6 is 46.7 Å². The van der Waals surface area contributed by atoms with Crippen molar-refractivity contribution in [1.29, 1.82) is 0 Å². The summed E-state index contributed by atoms with van der Waals surface area (Å²) in [6.45, 7) is 3.54. The molecular formula is C28H34Cl2F6OS2. The average Bonchev–Trinajstić information content (AvgIpc) is 2.84. The Morgan fingerprint density at radius 2 is 1.00 bits per heavy atom. The molecule has 0 aliphatic rings. The van der Waals surface area contributed by atoms with Crippen LogP contribution in [0.15, 0.2) is 34.1 Å². The highest BCUT2D eigenvalue weighted by Gasteiger charge is 2.30. The molecule has 0 saturated heterocycles. The van der Waals surface area contributed by atoms with Crippen LogP contribution in [0, 0.1) is 13.8 Å². The molecular weight excluding hydrogens is 601 g/mol. The molecule has 0 saturated carbocycles. The summed E-state index contributed by atoms with van der Waals surface area (Å²) in [5, 5.41) is 0. The van der Waals surface area contributed by atoms with Crippen LogP contribution in [-0.2, 0) is 12.8 Å². The standard InChI is InChI=1S/C28H34Cl2F6OS2/c1-19-11-13-23(21(9-5-3-7-15-29)25(19)38-17-27(31,32)33)37-24-14-12-20(2)26(39-18-28(34,35)36)22(24)10-6-4-8-16-30/h11-14H,3-10,15-18H2,1-2H3. The number of alkyl halides is 8. The lowest BCUT2D eigenvalue weighted by molar-refractivity contribution is -0.106. The lowest BCUT2D eigenvalue weighted by Gasteiger charge is -2.21. The summed E-state index contributed by atoms with van der Waals surface area (Å²) < 4.78 is 85.0. The maximum atomic E-state index is 13.1. The van der Waals surface area contributed by atoms with Gasteiger partial charge >= 0.3 is 12.4 Å². The van der Waals surface area contributed by atoms with Crippen LogP contribution in [0.5, 0.6) is 11.5 Å². The topological polar surface area (TPSA) is 9.23 Å². The minimum absolute atomic E-state index is 0.425. The van der Waals surface area contributed by atoms with Crippen LogP contribution in [0.3, 0.4) is 0 Å². The zero-order valence-electron chi connectivity index (χ0n) is 22.0. The fourth-order valence-electron chi connectivity index (χ4n) is 4.09. The van der Waals surface area contributed by atoms with E-state index in [9.17, 15) is 26.3 Å². The van der Waals surface area contributed by atoms with E-state index in [1.54, 1.807) is 38.1 Å². The number of benzene rings is 2. The molecule has 0 heterocycles. The normalized spacial score (nSPS) is 12.3. The summed E-state index contributed by atoms with van der Waals surface area (Å²) in [5.41, 5.74) is 2.79. The Morgan fingerprint density at radius 1 is 0.615 bits per heavy atom. The first-order valence-electron chi connectivity index (χ1n) is 12.8. The number of ether oxygens (including phenoxy) is 1. The predicted octanol–water partition coefficient (Wildman–Crippen LogP) is 11.3. The molecule has 220 valence electrons. The fraction of sp³-hybridized carbons (Fsp3) is 0.571. The molecule has 0 bridgehead atoms. The van der Waals surface area contributed by atoms with Crippen LogP contribution in [-0.4, -0.2) is 35.6 Å². The number of unbranched alkanes of at least 4 members (excludes halogenated alkanes) is 4. The maximum absolute atomic E-state index is 13.1. The molecule has 2 rings (SSSR count). The molecule has 2 aromatic rings. The van der Waals surface area contributed by atoms with Crippen molar-refractivity contribution < 1.29 is 31.1 Å². The molecule has 0 spiro atoms. The molecule has 2 aromatic carbocycles. The Bertz CT molecular complexity index is 963. The molecule has 0 aliphatic carbocycles. The van der Waals surface area contributed by atoms with Gasteiger partial charge in [-0.15, -0.1) is 46.7 Å². The van der Waals surface area contributed by atoms with Crippen molar-refractivity contribution in [1.82, 2.24) is 0 Å². The van der Waals surface area contributed by atoms with Crippen molar-refractivity contribution in [3.8, 4) is 11.5 Å². The zero-order valence-corrected chi connectivity index (χ0v) is 25.2. The van der Waals surface area contributed by atoms with E-state index in [-0.39, 0.29) is 0 Å². The summed E-state index contributed by atoms with van der Waals surface area (Å²) in [7, 11) is 0. The van der Waals surface area contributed by atoms with Gasteiger partial charge in [0.15, 0.2) is 0 Å². The molecule has 0 aliphatic heterocycles. The number of hydrogen-bond donors (Lipinski definition) is 0. The monoisotopic (exact) mass is 634 g/mol. The second-order valence-corrected chi connectivity index (χ2v) is 12.0. The predicted molar refractivity (Wildman–Crippen MR) is 153 cm³/mol. The first-order valence-corrected chi connectivity index (χ1v) is 15.8. The number of rotatable bonds is 16. The Balaban J connectivity index is 2.51. The Kier molecular flexibility index (Phi) is 14.5. The van der Waals surface area contributed by atoms with Gasteiger partial charge in [-0.05, 0) is 75.6 Å². The molecule has 0 N–H and O–H groups in total. The summed E-state index contributed by atoms with van der Waals surface area (Å²) in [6, 6.07) is 6.93. The molecule has 11 heteroatoms. The molecule has 1 nitrogen and oxygen atoms in total. The highest BCUT2D eigenvalue weighted by Crippen LogP contribution is 2.42. The first-order chi connectivity index (χ1) is 18.4. The van der Waals surface area contributed by atoms with Crippen LogP contribution in [0.4, 0.5) is 26.3 Å². The fourth-order valence-corrected chi connectivity index (χ4v) is 6.43. The van der Waals surface area contributed by atoms with Gasteiger partial charge in [-0.1, -0.05) is 25.0 Å². The van der Waals surface area contributed by atoms with Crippen LogP contribution in [0.1, 0.15) is 60.8 Å². The average molecular weight is 636 g/mol. The van der Waals surface area contributed by atoms with Gasteiger partial charge in [0.25, 0.3) is 0 Å². The number of thioether (sulfide) groups is 2. The van der Waals surface area contributed by atoms with Crippen molar-refractivity contribution in [3.63, 3.8) is 0 Å². The third-order valence-corrected chi connectivity index (χ3v) is 9.12. The summed E-state index contributed by atoms with van der Waals surface area (Å²) in [6.07, 6.45) is -3.01. The highest BCUT2D eigenvalue weighted by molar-refractivity contribution is 7.99. The van der Waals surface area contributed by atoms with Crippen LogP contribution in [0.25, 0.3) is 0 Å². The van der Waals surface area contributed by atoms with Crippen molar-refractivity contribution >= 4 is 46.7 Å². The summed E-state index contributed by atoms with van der Waals surface area (Å²) in [5.74, 6) is -0.202. The first kappa shape index (κ1) is 34.3. The van der Waals surface area contributed by atoms with Gasteiger partial charge in [-0.3, -0.25) is 0 Å². The molecule has 0 fully saturated rings. The number of halogens is 8. The number of aryl methyl sites for hydroxylation is 2. The van der Waals surface area contributed by atoms with E-state index in [4.69, 9.17) is 27.9 Å². The van der Waals surface area contributed by atoms with Crippen molar-refractivity contribution in [2.75, 3.05) is 23.3 Å². The third kappa shape index (κ3) is 12.2. The molecule has 39 heavy (non-hydrogen) atoms. The zero-order chi connectivity index (χ0) is 29.1. The largest absolute Gasteiger partial charge is 0.457 e. The summed E-state index contributed by atoms with van der Waals surface area (Å²) in [4.78, 5) is 1.05. The third-order valence-electron chi connectivity index (χ3n) is 5.93. The van der Waals surface area contributed by atoms with Gasteiger partial charge in [-0.2, -0.15) is 26.3 Å². The van der Waals surface area contributed by atoms with Crippen molar-refractivity contribution in [2.24, 2.45) is 0 Å². The van der Waals surface area contributed by atoms with E-state index in [1.807, 2.05) is 0 Å². The van der Waals surface area contributed by atoms with E-state index in [0.717, 1.165) is 73.2 Å². The lowest BCUT2D eigenvalue weighted by Crippen LogP contribution is -2.12. The lowest BCUT2D eigenvalue weighted by atomic mass is 10.0. The van der Waals surface area contributed by atoms with Gasteiger partial charge in [0.1, 0.15) is 11.5 Å². The second-order valence-electron chi connectivity index (χ2n) is 9.29. The quantitative estimate of drug-likeness (QED) is 0.0786. The minimum Gasteiger partial charge on any atom is -0.457 e. The van der Waals surface area contributed by atoms with Crippen molar-refractivity contribution in [3.05, 3.63) is 46.5 Å². The smallest absolute Gasteiger partial charge is 0.398 e. The number of hydrogen-bond acceptors (Lipinski definition) is 3. The summed E-state index contributed by atoms with van der Waals surface area (Å²) >= 11 is 13.1. The van der Waals surface area contributed by atoms with Gasteiger partial charge in [-0.25, -0.2) is 0 Å². The Morgan fingerprint density at radius 3 is 1.33 bits per heavy atom. The van der Waals surface area contributed by atoms with E-state index in [0.29, 0.717) is 57.0 Å². The van der Waals surface area contributed by atoms with Gasteiger partial charge in [0.05, 0.1) is 11.5 Å². The van der Waals surface area contributed by atoms with E-state index in [1.165, 1.54) is 0 Å². The van der Waals surface area contributed by atoms with Crippen LogP contribution < -0.4 is 4.74 Å². The Labute approximate surface area is 245 Å². The van der Waals surface area contributed by atoms with Gasteiger partial charge < -0.3 is 4.74 Å². The maximum Gasteiger partial charge on any atom is 0.398 e. The Hall–Kier alpha value is -0.900.